The number of carbonyl (C=O) groups excluding carboxylic acids is 2. The molecule has 2 unspecified atom stereocenters. The zero-order valence-corrected chi connectivity index (χ0v) is 29.1. The number of benzene rings is 1. The molecule has 1 rings (SSSR count). The van der Waals surface area contributed by atoms with Crippen molar-refractivity contribution >= 4 is 27.5 Å². The lowest BCUT2D eigenvalue weighted by molar-refractivity contribution is -0.223. The van der Waals surface area contributed by atoms with Gasteiger partial charge in [-0.15, -0.1) is 0 Å². The summed E-state index contributed by atoms with van der Waals surface area (Å²) >= 11 is 0. The highest BCUT2D eigenvalue weighted by atomic mass is 31.2. The summed E-state index contributed by atoms with van der Waals surface area (Å²) < 4.78 is 50.7. The maximum absolute atomic E-state index is 11.9. The number of carbonyl (C=O) groups is 2. The van der Waals surface area contributed by atoms with Crippen LogP contribution in [-0.2, 0) is 43.6 Å². The van der Waals surface area contributed by atoms with Gasteiger partial charge >= 0.3 is 12.1 Å². The molecule has 262 valence electrons. The van der Waals surface area contributed by atoms with E-state index < -0.39 is 27.5 Å². The number of nitrogens with one attached hydrogen (secondary N) is 1. The van der Waals surface area contributed by atoms with Crippen molar-refractivity contribution in [3.63, 3.8) is 0 Å². The molecule has 1 aromatic rings. The molecule has 0 aromatic heterocycles. The highest BCUT2D eigenvalue weighted by Gasteiger charge is 2.13. The fourth-order valence-electron chi connectivity index (χ4n) is 3.76. The van der Waals surface area contributed by atoms with Crippen LogP contribution in [0.2, 0.25) is 0 Å². The van der Waals surface area contributed by atoms with Crippen LogP contribution in [0.5, 0.6) is 5.75 Å². The van der Waals surface area contributed by atoms with Crippen molar-refractivity contribution in [2.24, 2.45) is 5.73 Å². The van der Waals surface area contributed by atoms with Gasteiger partial charge in [0.15, 0.2) is 0 Å². The highest BCUT2D eigenvalue weighted by molar-refractivity contribution is 7.50. The van der Waals surface area contributed by atoms with E-state index in [1.54, 1.807) is 0 Å². The normalized spacial score (nSPS) is 13.6. The number of rotatable bonds is 23. The predicted octanol–water partition coefficient (Wildman–Crippen LogP) is 4.26. The third-order valence-corrected chi connectivity index (χ3v) is 7.51. The van der Waals surface area contributed by atoms with Gasteiger partial charge in [-0.25, -0.2) is 9.59 Å². The first-order chi connectivity index (χ1) is 21.2. The summed E-state index contributed by atoms with van der Waals surface area (Å²) in [7, 11) is -6.56. The quantitative estimate of drug-likeness (QED) is 0.0717. The monoisotopic (exact) mass is 682 g/mol. The smallest absolute Gasteiger partial charge is 0.407 e. The number of hydrogen-bond acceptors (Lipinski definition) is 13. The summed E-state index contributed by atoms with van der Waals surface area (Å²) in [5, 5.41) is 2.69. The molecule has 1 aromatic carbocycles. The summed E-state index contributed by atoms with van der Waals surface area (Å²) in [5.41, 5.74) is 7.63. The molecule has 0 bridgehead atoms. The molecule has 0 aliphatic heterocycles. The SMILES string of the molecule is CCCOCC(=O)Oc1c(C)cc(COC(=O)NCCCCCCOP(C)(=O)[O-])cc1C.COP(=O)([O-])OCCCCCCN. The molecule has 3 N–H and O–H groups in total. The molecule has 0 aliphatic rings. The topological polar surface area (TPSA) is 208 Å². The van der Waals surface area contributed by atoms with Crippen LogP contribution in [0.25, 0.3) is 0 Å². The summed E-state index contributed by atoms with van der Waals surface area (Å²) in [6.45, 7) is 8.72. The molecule has 0 saturated carbocycles. The Bertz CT molecular complexity index is 1040. The first-order valence-electron chi connectivity index (χ1n) is 15.2. The number of amides is 1. The van der Waals surface area contributed by atoms with Crippen LogP contribution in [0.4, 0.5) is 4.79 Å². The third kappa shape index (κ3) is 25.0. The summed E-state index contributed by atoms with van der Waals surface area (Å²) in [6, 6.07) is 3.63. The minimum absolute atomic E-state index is 0.0908. The fraction of sp³-hybridized carbons (Fsp3) is 0.724. The maximum atomic E-state index is 11.9. The molecule has 0 aliphatic carbocycles. The zero-order chi connectivity index (χ0) is 34.1. The number of phosphoric ester groups is 1. The Balaban J connectivity index is 0.00000125. The molecule has 14 nitrogen and oxygen atoms in total. The van der Waals surface area contributed by atoms with E-state index in [1.807, 2.05) is 32.9 Å². The van der Waals surface area contributed by atoms with Gasteiger partial charge in [-0.1, -0.05) is 32.6 Å². The van der Waals surface area contributed by atoms with Gasteiger partial charge in [-0.05, 0) is 81.3 Å². The van der Waals surface area contributed by atoms with Crippen molar-refractivity contribution in [1.82, 2.24) is 5.32 Å². The van der Waals surface area contributed by atoms with Crippen LogP contribution in [0.15, 0.2) is 12.1 Å². The van der Waals surface area contributed by atoms with E-state index in [-0.39, 0.29) is 26.4 Å². The predicted molar refractivity (Wildman–Crippen MR) is 167 cm³/mol. The third-order valence-electron chi connectivity index (χ3n) is 5.91. The Morgan fingerprint density at radius 3 is 2.02 bits per heavy atom. The van der Waals surface area contributed by atoms with Crippen LogP contribution in [0.1, 0.15) is 81.4 Å². The Kier molecular flexibility index (Phi) is 24.2. The standard InChI is InChI=1S/C22H36NO8P.C7H18NO4P/c1-5-11-28-16-20(24)31-21-17(2)13-19(14-18(21)3)15-29-22(25)23-10-8-6-7-9-12-30-32(4,26)27;1-11-13(9,10)12-7-5-3-2-4-6-8/h13-14H,5-12,15-16H2,1-4H3,(H,23,25)(H,26,27);2-8H2,1H3,(H,9,10)/p-2. The first-order valence-corrected chi connectivity index (χ1v) is 18.6. The first kappa shape index (κ1) is 43.1. The minimum atomic E-state index is -4.00. The second-order valence-electron chi connectivity index (χ2n) is 10.3. The highest BCUT2D eigenvalue weighted by Crippen LogP contribution is 2.36. The number of aryl methyl sites for hydroxylation is 2. The molecule has 0 spiro atoms. The van der Waals surface area contributed by atoms with Crippen molar-refractivity contribution in [1.29, 1.82) is 0 Å². The zero-order valence-electron chi connectivity index (χ0n) is 27.3. The number of ether oxygens (including phenoxy) is 3. The van der Waals surface area contributed by atoms with Gasteiger partial charge in [0.1, 0.15) is 26.6 Å². The van der Waals surface area contributed by atoms with Crippen LogP contribution >= 0.6 is 15.4 Å². The Morgan fingerprint density at radius 2 is 1.47 bits per heavy atom. The van der Waals surface area contributed by atoms with Crippen LogP contribution in [-0.4, -0.2) is 65.4 Å². The van der Waals surface area contributed by atoms with E-state index in [0.717, 1.165) is 81.8 Å². The largest absolute Gasteiger partial charge is 0.779 e. The van der Waals surface area contributed by atoms with Gasteiger partial charge in [0, 0.05) is 26.9 Å². The summed E-state index contributed by atoms with van der Waals surface area (Å²) in [4.78, 5) is 45.3. The average Bonchev–Trinajstić information content (AvgIpc) is 2.97. The van der Waals surface area contributed by atoms with Gasteiger partial charge in [-0.3, -0.25) is 4.57 Å². The van der Waals surface area contributed by atoms with E-state index in [9.17, 15) is 28.5 Å². The van der Waals surface area contributed by atoms with E-state index >= 15 is 0 Å². The molecule has 0 heterocycles. The van der Waals surface area contributed by atoms with Crippen LogP contribution < -0.4 is 25.6 Å². The fourth-order valence-corrected chi connectivity index (χ4v) is 4.68. The Hall–Kier alpha value is -1.86. The van der Waals surface area contributed by atoms with Gasteiger partial charge < -0.3 is 53.2 Å². The molecule has 0 fully saturated rings. The van der Waals surface area contributed by atoms with E-state index in [0.29, 0.717) is 31.9 Å². The molecule has 1 amide bonds. The van der Waals surface area contributed by atoms with Crippen molar-refractivity contribution < 1.29 is 56.3 Å². The van der Waals surface area contributed by atoms with E-state index in [4.69, 9.17) is 24.5 Å². The molecular formula is C29H52N2O12P2-2. The van der Waals surface area contributed by atoms with Gasteiger partial charge in [0.05, 0.1) is 13.2 Å². The number of unbranched alkanes of at least 4 members (excludes halogenated alkanes) is 6. The molecule has 2 atom stereocenters. The minimum Gasteiger partial charge on any atom is -0.779 e. The second-order valence-corrected chi connectivity index (χ2v) is 13.6. The van der Waals surface area contributed by atoms with Crippen LogP contribution in [0.3, 0.4) is 0 Å². The molecule has 0 saturated heterocycles. The number of phosphoric acid groups is 1. The molecule has 16 heteroatoms. The second kappa shape index (κ2) is 25.3. The van der Waals surface area contributed by atoms with E-state index in [2.05, 4.69) is 14.4 Å². The molecular weight excluding hydrogens is 630 g/mol. The Labute approximate surface area is 267 Å². The van der Waals surface area contributed by atoms with Crippen LogP contribution in [0, 0.1) is 13.8 Å². The lowest BCUT2D eigenvalue weighted by Gasteiger charge is -2.19. The van der Waals surface area contributed by atoms with Crippen molar-refractivity contribution in [3.8, 4) is 5.75 Å². The van der Waals surface area contributed by atoms with Gasteiger partial charge in [-0.2, -0.15) is 0 Å². The van der Waals surface area contributed by atoms with Crippen molar-refractivity contribution in [2.75, 3.05) is 53.3 Å². The lowest BCUT2D eigenvalue weighted by atomic mass is 10.1. The van der Waals surface area contributed by atoms with Gasteiger partial charge in [0.25, 0.3) is 7.82 Å². The summed E-state index contributed by atoms with van der Waals surface area (Å²) in [5.74, 6) is 0.0435. The van der Waals surface area contributed by atoms with E-state index in [1.165, 1.54) is 0 Å². The van der Waals surface area contributed by atoms with Gasteiger partial charge in [0.2, 0.25) is 0 Å². The molecule has 0 radical (unpaired) electrons. The lowest BCUT2D eigenvalue weighted by Crippen LogP contribution is -2.25. The van der Waals surface area contributed by atoms with Crippen molar-refractivity contribution in [3.05, 3.63) is 28.8 Å². The van der Waals surface area contributed by atoms with Crippen molar-refractivity contribution in [2.45, 2.75) is 85.2 Å². The molecule has 45 heavy (non-hydrogen) atoms. The Morgan fingerprint density at radius 1 is 0.889 bits per heavy atom. The number of nitrogens with two attached hydrogens (primary N) is 1. The average molecular weight is 683 g/mol. The number of esters is 1. The maximum Gasteiger partial charge on any atom is 0.407 e. The number of hydrogen-bond donors (Lipinski definition) is 2. The number of alkyl carbamates (subject to hydrolysis) is 1. The summed E-state index contributed by atoms with van der Waals surface area (Å²) in [6.07, 6.45) is 7.03.